The van der Waals surface area contributed by atoms with Gasteiger partial charge in [-0.05, 0) is 18.2 Å². The Balaban J connectivity index is 2.47. The van der Waals surface area contributed by atoms with Crippen LogP contribution in [0, 0.1) is 0 Å². The Bertz CT molecular complexity index is 643. The smallest absolute Gasteiger partial charge is 0.265 e. The van der Waals surface area contributed by atoms with E-state index < -0.39 is 10.0 Å². The molecular formula is C11H12N4O2S. The maximum atomic E-state index is 12.3. The highest BCUT2D eigenvalue weighted by molar-refractivity contribution is 7.92. The number of nitrogen functional groups attached to an aromatic ring is 1. The zero-order chi connectivity index (χ0) is 13.2. The third-order valence-corrected chi connectivity index (χ3v) is 4.21. The fourth-order valence-corrected chi connectivity index (χ4v) is 2.66. The molecular weight excluding hydrogens is 252 g/mol. The number of nitrogens with zero attached hydrogens (tertiary/aromatic N) is 3. The van der Waals surface area contributed by atoms with E-state index in [0.717, 1.165) is 4.31 Å². The van der Waals surface area contributed by atoms with Crippen LogP contribution in [-0.4, -0.2) is 25.4 Å². The maximum Gasteiger partial charge on any atom is 0.265 e. The largest absolute Gasteiger partial charge is 0.396 e. The van der Waals surface area contributed by atoms with Gasteiger partial charge in [-0.1, -0.05) is 0 Å². The van der Waals surface area contributed by atoms with Crippen molar-refractivity contribution in [1.82, 2.24) is 9.97 Å². The number of hydrogen-bond donors (Lipinski definition) is 1. The first-order chi connectivity index (χ1) is 8.53. The molecule has 0 fully saturated rings. The van der Waals surface area contributed by atoms with E-state index in [4.69, 9.17) is 5.73 Å². The SMILES string of the molecule is CN(c1ccncc1N)S(=O)(=O)c1cccnc1. The normalized spacial score (nSPS) is 11.2. The highest BCUT2D eigenvalue weighted by Crippen LogP contribution is 2.25. The number of aromatic nitrogens is 2. The summed E-state index contributed by atoms with van der Waals surface area (Å²) < 4.78 is 25.7. The van der Waals surface area contributed by atoms with Crippen LogP contribution in [0.5, 0.6) is 0 Å². The van der Waals surface area contributed by atoms with Gasteiger partial charge in [0.15, 0.2) is 0 Å². The van der Waals surface area contributed by atoms with Gasteiger partial charge in [-0.2, -0.15) is 0 Å². The second kappa shape index (κ2) is 4.61. The molecule has 0 spiro atoms. The monoisotopic (exact) mass is 264 g/mol. The molecule has 0 aliphatic rings. The summed E-state index contributed by atoms with van der Waals surface area (Å²) in [6.07, 6.45) is 5.70. The van der Waals surface area contributed by atoms with E-state index in [2.05, 4.69) is 9.97 Å². The number of rotatable bonds is 3. The van der Waals surface area contributed by atoms with Gasteiger partial charge < -0.3 is 5.73 Å². The lowest BCUT2D eigenvalue weighted by atomic mass is 10.3. The second-order valence-corrected chi connectivity index (χ2v) is 5.57. The van der Waals surface area contributed by atoms with Crippen molar-refractivity contribution >= 4 is 21.4 Å². The van der Waals surface area contributed by atoms with Crippen LogP contribution in [0.3, 0.4) is 0 Å². The first-order valence-electron chi connectivity index (χ1n) is 5.12. The van der Waals surface area contributed by atoms with Gasteiger partial charge in [0.2, 0.25) is 0 Å². The molecule has 18 heavy (non-hydrogen) atoms. The topological polar surface area (TPSA) is 89.2 Å². The maximum absolute atomic E-state index is 12.3. The highest BCUT2D eigenvalue weighted by Gasteiger charge is 2.22. The third kappa shape index (κ3) is 2.12. The summed E-state index contributed by atoms with van der Waals surface area (Å²) in [5, 5.41) is 0. The van der Waals surface area contributed by atoms with Gasteiger partial charge >= 0.3 is 0 Å². The minimum absolute atomic E-state index is 0.115. The number of pyridine rings is 2. The molecule has 0 saturated heterocycles. The Kier molecular flexibility index (Phi) is 3.15. The van der Waals surface area contributed by atoms with Crippen molar-refractivity contribution in [2.24, 2.45) is 0 Å². The van der Waals surface area contributed by atoms with Gasteiger partial charge in [0.1, 0.15) is 4.90 Å². The predicted octanol–water partition coefficient (Wildman–Crippen LogP) is 0.884. The molecule has 2 aromatic rings. The first-order valence-corrected chi connectivity index (χ1v) is 6.56. The lowest BCUT2D eigenvalue weighted by molar-refractivity contribution is 0.594. The molecule has 2 N–H and O–H groups in total. The van der Waals surface area contributed by atoms with Gasteiger partial charge in [0.05, 0.1) is 17.6 Å². The average molecular weight is 264 g/mol. The summed E-state index contributed by atoms with van der Waals surface area (Å²) in [7, 11) is -2.21. The molecule has 0 amide bonds. The summed E-state index contributed by atoms with van der Waals surface area (Å²) in [4.78, 5) is 7.74. The fraction of sp³-hybridized carbons (Fsp3) is 0.0909. The molecule has 6 nitrogen and oxygen atoms in total. The lowest BCUT2D eigenvalue weighted by Gasteiger charge is -2.20. The van der Waals surface area contributed by atoms with E-state index in [1.54, 1.807) is 12.1 Å². The van der Waals surface area contributed by atoms with Crippen molar-refractivity contribution in [3.05, 3.63) is 43.0 Å². The predicted molar refractivity (Wildman–Crippen MR) is 68.5 cm³/mol. The van der Waals surface area contributed by atoms with Gasteiger partial charge in [0, 0.05) is 25.6 Å². The first kappa shape index (κ1) is 12.3. The molecule has 0 bridgehead atoms. The average Bonchev–Trinajstić information content (AvgIpc) is 2.39. The van der Waals surface area contributed by atoms with E-state index in [9.17, 15) is 8.42 Å². The number of hydrogen-bond acceptors (Lipinski definition) is 5. The van der Waals surface area contributed by atoms with Crippen LogP contribution in [0.25, 0.3) is 0 Å². The highest BCUT2D eigenvalue weighted by atomic mass is 32.2. The molecule has 2 heterocycles. The summed E-state index contributed by atoms with van der Waals surface area (Å²) in [5.74, 6) is 0. The van der Waals surface area contributed by atoms with E-state index in [-0.39, 0.29) is 4.90 Å². The standard InChI is InChI=1S/C11H12N4O2S/c1-15(11-4-6-14-8-10(11)12)18(16,17)9-3-2-5-13-7-9/h2-8H,12H2,1H3. The number of sulfonamides is 1. The van der Waals surface area contributed by atoms with Crippen molar-refractivity contribution in [3.63, 3.8) is 0 Å². The van der Waals surface area contributed by atoms with Gasteiger partial charge in [-0.3, -0.25) is 14.3 Å². The van der Waals surface area contributed by atoms with Crippen LogP contribution in [0.1, 0.15) is 0 Å². The van der Waals surface area contributed by atoms with Crippen LogP contribution in [0.15, 0.2) is 47.9 Å². The summed E-state index contributed by atoms with van der Waals surface area (Å²) in [5.41, 5.74) is 6.39. The van der Waals surface area contributed by atoms with Crippen LogP contribution >= 0.6 is 0 Å². The van der Waals surface area contributed by atoms with Gasteiger partial charge in [-0.25, -0.2) is 8.42 Å². The molecule has 0 aromatic carbocycles. The van der Waals surface area contributed by atoms with Crippen LogP contribution in [0.2, 0.25) is 0 Å². The molecule has 0 saturated carbocycles. The van der Waals surface area contributed by atoms with E-state index in [0.29, 0.717) is 11.4 Å². The Morgan fingerprint density at radius 2 is 1.89 bits per heavy atom. The summed E-state index contributed by atoms with van der Waals surface area (Å²) in [6.45, 7) is 0. The zero-order valence-corrected chi connectivity index (χ0v) is 10.5. The van der Waals surface area contributed by atoms with Crippen LogP contribution in [-0.2, 0) is 10.0 Å². The molecule has 2 rings (SSSR count). The molecule has 0 aliphatic carbocycles. The Hall–Kier alpha value is -2.15. The van der Waals surface area contributed by atoms with Crippen molar-refractivity contribution < 1.29 is 8.42 Å². The Morgan fingerprint density at radius 3 is 2.50 bits per heavy atom. The molecule has 2 aromatic heterocycles. The number of anilines is 2. The Morgan fingerprint density at radius 1 is 1.17 bits per heavy atom. The molecule has 0 atom stereocenters. The third-order valence-electron chi connectivity index (χ3n) is 2.46. The van der Waals surface area contributed by atoms with Crippen molar-refractivity contribution in [2.75, 3.05) is 17.1 Å². The van der Waals surface area contributed by atoms with Crippen molar-refractivity contribution in [1.29, 1.82) is 0 Å². The summed E-state index contributed by atoms with van der Waals surface area (Å²) in [6, 6.07) is 4.59. The molecule has 0 aliphatic heterocycles. The van der Waals surface area contributed by atoms with Crippen molar-refractivity contribution in [2.45, 2.75) is 4.90 Å². The number of nitrogens with two attached hydrogens (primary N) is 1. The van der Waals surface area contributed by atoms with Gasteiger partial charge in [0.25, 0.3) is 10.0 Å². The molecule has 94 valence electrons. The van der Waals surface area contributed by atoms with Gasteiger partial charge in [-0.15, -0.1) is 0 Å². The Labute approximate surface area is 105 Å². The molecule has 0 radical (unpaired) electrons. The zero-order valence-electron chi connectivity index (χ0n) is 9.69. The van der Waals surface area contributed by atoms with Crippen molar-refractivity contribution in [3.8, 4) is 0 Å². The molecule has 0 unspecified atom stereocenters. The van der Waals surface area contributed by atoms with Crippen LogP contribution in [0.4, 0.5) is 11.4 Å². The van der Waals surface area contributed by atoms with Crippen LogP contribution < -0.4 is 10.0 Å². The van der Waals surface area contributed by atoms with E-state index >= 15 is 0 Å². The quantitative estimate of drug-likeness (QED) is 0.889. The van der Waals surface area contributed by atoms with E-state index in [1.165, 1.54) is 37.9 Å². The second-order valence-electron chi connectivity index (χ2n) is 3.60. The lowest BCUT2D eigenvalue weighted by Crippen LogP contribution is -2.27. The minimum atomic E-state index is -3.65. The fourth-order valence-electron chi connectivity index (χ4n) is 1.47. The molecule has 7 heteroatoms. The summed E-state index contributed by atoms with van der Waals surface area (Å²) >= 11 is 0. The minimum Gasteiger partial charge on any atom is -0.396 e. The van der Waals surface area contributed by atoms with E-state index in [1.807, 2.05) is 0 Å².